The molecule has 0 aliphatic rings. The molecule has 0 saturated carbocycles. The van der Waals surface area contributed by atoms with Gasteiger partial charge in [-0.15, -0.1) is 0 Å². The first kappa shape index (κ1) is 18.0. The first-order chi connectivity index (χ1) is 10.9. The van der Waals surface area contributed by atoms with Gasteiger partial charge in [-0.3, -0.25) is 0 Å². The van der Waals surface area contributed by atoms with Gasteiger partial charge in [0.1, 0.15) is 12.4 Å². The second-order valence-corrected chi connectivity index (χ2v) is 7.28. The summed E-state index contributed by atoms with van der Waals surface area (Å²) in [6.07, 6.45) is 0. The van der Waals surface area contributed by atoms with Crippen LogP contribution in [0.2, 0.25) is 0 Å². The van der Waals surface area contributed by atoms with Crippen molar-refractivity contribution in [2.45, 2.75) is 39.5 Å². The Kier molecular flexibility index (Phi) is 6.22. The number of nitrogens with one attached hydrogen (secondary N) is 1. The quantitative estimate of drug-likeness (QED) is 0.759. The summed E-state index contributed by atoms with van der Waals surface area (Å²) in [5, 5.41) is 12.7. The summed E-state index contributed by atoms with van der Waals surface area (Å²) in [7, 11) is 0. The Morgan fingerprint density at radius 3 is 2.57 bits per heavy atom. The lowest BCUT2D eigenvalue weighted by Crippen LogP contribution is -2.42. The summed E-state index contributed by atoms with van der Waals surface area (Å²) in [5.41, 5.74) is 3.15. The molecule has 0 spiro atoms. The normalized spacial score (nSPS) is 11.5. The number of rotatable bonds is 7. The third-order valence-electron chi connectivity index (χ3n) is 3.82. The highest BCUT2D eigenvalue weighted by molar-refractivity contribution is 9.10. The highest BCUT2D eigenvalue weighted by Crippen LogP contribution is 2.25. The van der Waals surface area contributed by atoms with Gasteiger partial charge in [0.25, 0.3) is 0 Å². The van der Waals surface area contributed by atoms with Crippen LogP contribution in [0.5, 0.6) is 5.75 Å². The topological polar surface area (TPSA) is 41.5 Å². The fourth-order valence-electron chi connectivity index (χ4n) is 2.14. The number of aliphatic hydroxyl groups is 1. The predicted molar refractivity (Wildman–Crippen MR) is 97.7 cm³/mol. The number of hydrogen-bond donors (Lipinski definition) is 2. The Labute approximate surface area is 146 Å². The second-order valence-electron chi connectivity index (χ2n) is 6.36. The van der Waals surface area contributed by atoms with Gasteiger partial charge in [0.15, 0.2) is 0 Å². The smallest absolute Gasteiger partial charge is 0.124 e. The summed E-state index contributed by atoms with van der Waals surface area (Å²) in [6.45, 7) is 7.30. The van der Waals surface area contributed by atoms with Crippen LogP contribution in [0, 0.1) is 6.92 Å². The van der Waals surface area contributed by atoms with Crippen molar-refractivity contribution in [3.8, 4) is 5.75 Å². The summed E-state index contributed by atoms with van der Waals surface area (Å²) < 4.78 is 7.05. The molecule has 0 atom stereocenters. The molecule has 0 aliphatic heterocycles. The van der Waals surface area contributed by atoms with Crippen molar-refractivity contribution in [1.29, 1.82) is 0 Å². The van der Waals surface area contributed by atoms with Crippen molar-refractivity contribution in [2.75, 3.05) is 6.61 Å². The number of aliphatic hydroxyl groups excluding tert-OH is 1. The van der Waals surface area contributed by atoms with Crippen LogP contribution in [0.15, 0.2) is 46.9 Å². The molecular weight excluding hydrogens is 354 g/mol. The minimum Gasteiger partial charge on any atom is -0.489 e. The van der Waals surface area contributed by atoms with Crippen molar-refractivity contribution < 1.29 is 9.84 Å². The lowest BCUT2D eigenvalue weighted by molar-refractivity contribution is 0.186. The lowest BCUT2D eigenvalue weighted by Gasteiger charge is -2.24. The molecule has 23 heavy (non-hydrogen) atoms. The molecule has 2 aromatic rings. The maximum atomic E-state index is 9.38. The van der Waals surface area contributed by atoms with Gasteiger partial charge in [-0.1, -0.05) is 40.2 Å². The molecule has 3 nitrogen and oxygen atoms in total. The Balaban J connectivity index is 2.10. The zero-order chi connectivity index (χ0) is 16.9. The fraction of sp³-hybridized carbons (Fsp3) is 0.368. The zero-order valence-corrected chi connectivity index (χ0v) is 15.5. The first-order valence-electron chi connectivity index (χ1n) is 7.73. The van der Waals surface area contributed by atoms with Gasteiger partial charge in [-0.2, -0.15) is 0 Å². The first-order valence-corrected chi connectivity index (χ1v) is 8.52. The fourth-order valence-corrected chi connectivity index (χ4v) is 2.55. The van der Waals surface area contributed by atoms with Gasteiger partial charge in [0.05, 0.1) is 6.61 Å². The molecule has 0 bridgehead atoms. The molecule has 2 rings (SSSR count). The van der Waals surface area contributed by atoms with Crippen molar-refractivity contribution in [3.63, 3.8) is 0 Å². The van der Waals surface area contributed by atoms with E-state index in [0.717, 1.165) is 15.8 Å². The highest BCUT2D eigenvalue weighted by atomic mass is 79.9. The molecular formula is C19H24BrNO2. The number of aryl methyl sites for hydroxylation is 1. The minimum absolute atomic E-state index is 0.0837. The van der Waals surface area contributed by atoms with E-state index in [1.807, 2.05) is 44.2 Å². The maximum absolute atomic E-state index is 9.38. The molecule has 4 heteroatoms. The van der Waals surface area contributed by atoms with Crippen molar-refractivity contribution in [3.05, 3.63) is 63.6 Å². The SMILES string of the molecule is Cc1ccccc1COc1ccc(Br)cc1CNC(C)(C)CO. The van der Waals surface area contributed by atoms with Crippen LogP contribution in [-0.2, 0) is 13.2 Å². The molecule has 124 valence electrons. The third kappa shape index (κ3) is 5.34. The number of benzene rings is 2. The van der Waals surface area contributed by atoms with E-state index in [0.29, 0.717) is 13.2 Å². The molecule has 0 radical (unpaired) electrons. The van der Waals surface area contributed by atoms with Gasteiger partial charge in [0, 0.05) is 22.1 Å². The van der Waals surface area contributed by atoms with E-state index in [9.17, 15) is 5.11 Å². The molecule has 0 heterocycles. The Morgan fingerprint density at radius 2 is 1.87 bits per heavy atom. The van der Waals surface area contributed by atoms with Crippen LogP contribution in [0.3, 0.4) is 0 Å². The predicted octanol–water partition coefficient (Wildman–Crippen LogP) is 4.20. The van der Waals surface area contributed by atoms with E-state index in [1.165, 1.54) is 11.1 Å². The van der Waals surface area contributed by atoms with E-state index < -0.39 is 0 Å². The molecule has 2 N–H and O–H groups in total. The average Bonchev–Trinajstić information content (AvgIpc) is 2.53. The number of hydrogen-bond acceptors (Lipinski definition) is 3. The summed E-state index contributed by atoms with van der Waals surface area (Å²) in [5.74, 6) is 0.859. The van der Waals surface area contributed by atoms with E-state index in [4.69, 9.17) is 4.74 Å². The minimum atomic E-state index is -0.324. The van der Waals surface area contributed by atoms with E-state index in [-0.39, 0.29) is 12.1 Å². The van der Waals surface area contributed by atoms with Gasteiger partial charge >= 0.3 is 0 Å². The van der Waals surface area contributed by atoms with Gasteiger partial charge in [0.2, 0.25) is 0 Å². The zero-order valence-electron chi connectivity index (χ0n) is 13.9. The van der Waals surface area contributed by atoms with Crippen LogP contribution in [0.1, 0.15) is 30.5 Å². The standard InChI is InChI=1S/C19H24BrNO2/c1-14-6-4-5-7-15(14)12-23-18-9-8-17(20)10-16(18)11-21-19(2,3)13-22/h4-10,21-22H,11-13H2,1-3H3. The van der Waals surface area contributed by atoms with Crippen molar-refractivity contribution in [2.24, 2.45) is 0 Å². The largest absolute Gasteiger partial charge is 0.489 e. The van der Waals surface area contributed by atoms with Crippen LogP contribution in [0.25, 0.3) is 0 Å². The monoisotopic (exact) mass is 377 g/mol. The number of ether oxygens (including phenoxy) is 1. The van der Waals surface area contributed by atoms with Crippen LogP contribution < -0.4 is 10.1 Å². The molecule has 0 aliphatic carbocycles. The van der Waals surface area contributed by atoms with Crippen LogP contribution in [-0.4, -0.2) is 17.3 Å². The van der Waals surface area contributed by atoms with Crippen molar-refractivity contribution in [1.82, 2.24) is 5.32 Å². The third-order valence-corrected chi connectivity index (χ3v) is 4.31. The summed E-state index contributed by atoms with van der Waals surface area (Å²) >= 11 is 3.51. The molecule has 0 saturated heterocycles. The average molecular weight is 378 g/mol. The second kappa shape index (κ2) is 7.95. The van der Waals surface area contributed by atoms with Gasteiger partial charge < -0.3 is 15.2 Å². The maximum Gasteiger partial charge on any atom is 0.124 e. The van der Waals surface area contributed by atoms with Crippen LogP contribution in [0.4, 0.5) is 0 Å². The molecule has 2 aromatic carbocycles. The lowest BCUT2D eigenvalue weighted by atomic mass is 10.1. The van der Waals surface area contributed by atoms with Gasteiger partial charge in [-0.05, 0) is 50.1 Å². The summed E-state index contributed by atoms with van der Waals surface area (Å²) in [6, 6.07) is 14.2. The van der Waals surface area contributed by atoms with Crippen molar-refractivity contribution >= 4 is 15.9 Å². The number of halogens is 1. The van der Waals surface area contributed by atoms with Gasteiger partial charge in [-0.25, -0.2) is 0 Å². The Morgan fingerprint density at radius 1 is 1.13 bits per heavy atom. The van der Waals surface area contributed by atoms with E-state index in [2.05, 4.69) is 40.3 Å². The molecule has 0 fully saturated rings. The van der Waals surface area contributed by atoms with E-state index in [1.54, 1.807) is 0 Å². The molecule has 0 amide bonds. The highest BCUT2D eigenvalue weighted by Gasteiger charge is 2.16. The van der Waals surface area contributed by atoms with E-state index >= 15 is 0 Å². The molecule has 0 unspecified atom stereocenters. The van der Waals surface area contributed by atoms with Crippen LogP contribution >= 0.6 is 15.9 Å². The summed E-state index contributed by atoms with van der Waals surface area (Å²) in [4.78, 5) is 0. The Bertz CT molecular complexity index is 656. The Hall–Kier alpha value is -1.36. The molecule has 0 aromatic heterocycles.